The number of carbonyl (C=O) groups is 2. The first-order chi connectivity index (χ1) is 13.4. The molecule has 0 fully saturated rings. The van der Waals surface area contributed by atoms with Gasteiger partial charge in [-0.25, -0.2) is 4.79 Å². The molecule has 0 saturated heterocycles. The molecule has 28 heavy (non-hydrogen) atoms. The van der Waals surface area contributed by atoms with E-state index in [-0.39, 0.29) is 18.4 Å². The molecule has 1 atom stereocenters. The Labute approximate surface area is 174 Å². The number of anilines is 2. The molecule has 1 aliphatic rings. The predicted octanol–water partition coefficient (Wildman–Crippen LogP) is 5.06. The summed E-state index contributed by atoms with van der Waals surface area (Å²) in [5, 5.41) is 7.22. The lowest BCUT2D eigenvalue weighted by atomic mass is 9.88. The number of nitrogens with one attached hydrogen (secondary N) is 2. The van der Waals surface area contributed by atoms with Gasteiger partial charge < -0.3 is 15.4 Å². The summed E-state index contributed by atoms with van der Waals surface area (Å²) in [4.78, 5) is 26.2. The predicted molar refractivity (Wildman–Crippen MR) is 115 cm³/mol. The first-order valence-electron chi connectivity index (χ1n) is 9.50. The molecule has 150 valence electrons. The van der Waals surface area contributed by atoms with Gasteiger partial charge in [0.2, 0.25) is 5.91 Å². The standard InChI is InChI=1S/C21H25ClN2O3S/c1-4-27-21(26)19-15-8-5-12(2)9-17(15)28-20(19)24-18(25)11-23-16-10-14(22)7-6-13(16)3/h6-7,10,12,23H,4-5,8-9,11H2,1-3H3,(H,24,25)/t12-/m0/s1. The molecule has 1 aromatic carbocycles. The number of fused-ring (bicyclic) bond motifs is 1. The Hall–Kier alpha value is -2.05. The van der Waals surface area contributed by atoms with E-state index in [1.54, 1.807) is 13.0 Å². The molecule has 1 aromatic heterocycles. The highest BCUT2D eigenvalue weighted by atomic mass is 35.5. The molecule has 5 nitrogen and oxygen atoms in total. The third-order valence-corrected chi connectivity index (χ3v) is 6.29. The minimum absolute atomic E-state index is 0.0857. The zero-order valence-electron chi connectivity index (χ0n) is 16.4. The average Bonchev–Trinajstić information content (AvgIpc) is 2.99. The van der Waals surface area contributed by atoms with Crippen LogP contribution in [0.5, 0.6) is 0 Å². The Bertz CT molecular complexity index is 894. The van der Waals surface area contributed by atoms with E-state index in [0.717, 1.165) is 36.1 Å². The third-order valence-electron chi connectivity index (χ3n) is 4.88. The third kappa shape index (κ3) is 4.67. The van der Waals surface area contributed by atoms with Gasteiger partial charge >= 0.3 is 5.97 Å². The SMILES string of the molecule is CCOC(=O)c1c(NC(=O)CNc2cc(Cl)ccc2C)sc2c1CC[C@H](C)C2. The van der Waals surface area contributed by atoms with Crippen LogP contribution in [0.4, 0.5) is 10.7 Å². The van der Waals surface area contributed by atoms with E-state index in [0.29, 0.717) is 28.1 Å². The molecule has 2 N–H and O–H groups in total. The molecule has 0 unspecified atom stereocenters. The van der Waals surface area contributed by atoms with Gasteiger partial charge in [-0.1, -0.05) is 24.6 Å². The molecule has 0 saturated carbocycles. The van der Waals surface area contributed by atoms with Gasteiger partial charge in [0.1, 0.15) is 5.00 Å². The van der Waals surface area contributed by atoms with Gasteiger partial charge in [0.25, 0.3) is 0 Å². The summed E-state index contributed by atoms with van der Waals surface area (Å²) in [5.74, 6) is 0.0114. The van der Waals surface area contributed by atoms with Crippen molar-refractivity contribution < 1.29 is 14.3 Å². The van der Waals surface area contributed by atoms with Crippen LogP contribution in [0.3, 0.4) is 0 Å². The Balaban J connectivity index is 1.76. The van der Waals surface area contributed by atoms with Crippen molar-refractivity contribution in [3.63, 3.8) is 0 Å². The monoisotopic (exact) mass is 420 g/mol. The maximum Gasteiger partial charge on any atom is 0.341 e. The van der Waals surface area contributed by atoms with Crippen LogP contribution in [0.2, 0.25) is 5.02 Å². The van der Waals surface area contributed by atoms with Gasteiger partial charge in [-0.05, 0) is 62.3 Å². The maximum absolute atomic E-state index is 12.5. The van der Waals surface area contributed by atoms with Gasteiger partial charge in [-0.15, -0.1) is 11.3 Å². The zero-order chi connectivity index (χ0) is 20.3. The van der Waals surface area contributed by atoms with E-state index in [2.05, 4.69) is 17.6 Å². The van der Waals surface area contributed by atoms with Crippen molar-refractivity contribution in [1.29, 1.82) is 0 Å². The summed E-state index contributed by atoms with van der Waals surface area (Å²) < 4.78 is 5.25. The molecule has 1 heterocycles. The van der Waals surface area contributed by atoms with Crippen LogP contribution in [-0.4, -0.2) is 25.0 Å². The van der Waals surface area contributed by atoms with Crippen LogP contribution in [0, 0.1) is 12.8 Å². The second-order valence-corrected chi connectivity index (χ2v) is 8.68. The van der Waals surface area contributed by atoms with Crippen LogP contribution in [0.15, 0.2) is 18.2 Å². The molecule has 7 heteroatoms. The normalized spacial score (nSPS) is 15.6. The quantitative estimate of drug-likeness (QED) is 0.641. The number of thiophene rings is 1. The maximum atomic E-state index is 12.5. The summed E-state index contributed by atoms with van der Waals surface area (Å²) >= 11 is 7.52. The molecule has 0 spiro atoms. The van der Waals surface area contributed by atoms with Crippen molar-refractivity contribution in [2.45, 2.75) is 40.0 Å². The number of hydrogen-bond acceptors (Lipinski definition) is 5. The summed E-state index contributed by atoms with van der Waals surface area (Å²) in [5.41, 5.74) is 3.38. The fraction of sp³-hybridized carbons (Fsp3) is 0.429. The fourth-order valence-electron chi connectivity index (χ4n) is 3.39. The smallest absolute Gasteiger partial charge is 0.341 e. The van der Waals surface area contributed by atoms with Gasteiger partial charge in [-0.2, -0.15) is 0 Å². The van der Waals surface area contributed by atoms with Gasteiger partial charge in [0.15, 0.2) is 0 Å². The fourth-order valence-corrected chi connectivity index (χ4v) is 4.98. The highest BCUT2D eigenvalue weighted by Gasteiger charge is 2.29. The summed E-state index contributed by atoms with van der Waals surface area (Å²) in [7, 11) is 0. The second-order valence-electron chi connectivity index (χ2n) is 7.14. The number of benzene rings is 1. The second kappa shape index (κ2) is 8.97. The minimum Gasteiger partial charge on any atom is -0.462 e. The Morgan fingerprint density at radius 2 is 2.14 bits per heavy atom. The summed E-state index contributed by atoms with van der Waals surface area (Å²) in [6.07, 6.45) is 2.82. The van der Waals surface area contributed by atoms with Crippen molar-refractivity contribution in [3.05, 3.63) is 44.8 Å². The van der Waals surface area contributed by atoms with Crippen LogP contribution in [0.1, 0.15) is 46.6 Å². The minimum atomic E-state index is -0.358. The molecular weight excluding hydrogens is 396 g/mol. The highest BCUT2D eigenvalue weighted by molar-refractivity contribution is 7.17. The lowest BCUT2D eigenvalue weighted by Gasteiger charge is -2.18. The molecule has 2 aromatic rings. The average molecular weight is 421 g/mol. The highest BCUT2D eigenvalue weighted by Crippen LogP contribution is 2.40. The van der Waals surface area contributed by atoms with E-state index in [4.69, 9.17) is 16.3 Å². The Morgan fingerprint density at radius 1 is 1.36 bits per heavy atom. The van der Waals surface area contributed by atoms with Crippen molar-refractivity contribution in [1.82, 2.24) is 0 Å². The van der Waals surface area contributed by atoms with E-state index < -0.39 is 0 Å². The van der Waals surface area contributed by atoms with Crippen molar-refractivity contribution in [2.75, 3.05) is 23.8 Å². The van der Waals surface area contributed by atoms with Gasteiger partial charge in [0, 0.05) is 15.6 Å². The number of carbonyl (C=O) groups excluding carboxylic acids is 2. The van der Waals surface area contributed by atoms with Crippen LogP contribution in [-0.2, 0) is 22.4 Å². The lowest BCUT2D eigenvalue weighted by Crippen LogP contribution is -2.23. The molecule has 1 amide bonds. The molecule has 0 aliphatic heterocycles. The van der Waals surface area contributed by atoms with Gasteiger partial charge in [-0.3, -0.25) is 4.79 Å². The molecule has 0 bridgehead atoms. The number of amides is 1. The first kappa shape index (κ1) is 20.7. The number of rotatable bonds is 6. The molecule has 3 rings (SSSR count). The van der Waals surface area contributed by atoms with Crippen LogP contribution >= 0.6 is 22.9 Å². The molecule has 1 aliphatic carbocycles. The van der Waals surface area contributed by atoms with E-state index >= 15 is 0 Å². The summed E-state index contributed by atoms with van der Waals surface area (Å²) in [6, 6.07) is 5.50. The van der Waals surface area contributed by atoms with Crippen LogP contribution < -0.4 is 10.6 Å². The first-order valence-corrected chi connectivity index (χ1v) is 10.7. The largest absolute Gasteiger partial charge is 0.462 e. The number of hydrogen-bond donors (Lipinski definition) is 2. The molecular formula is C21H25ClN2O3S. The van der Waals surface area contributed by atoms with Gasteiger partial charge in [0.05, 0.1) is 18.7 Å². The van der Waals surface area contributed by atoms with Crippen LogP contribution in [0.25, 0.3) is 0 Å². The summed E-state index contributed by atoms with van der Waals surface area (Å²) in [6.45, 7) is 6.34. The number of esters is 1. The Kier molecular flexibility index (Phi) is 6.62. The van der Waals surface area contributed by atoms with Crippen molar-refractivity contribution in [2.24, 2.45) is 5.92 Å². The Morgan fingerprint density at radius 3 is 2.89 bits per heavy atom. The van der Waals surface area contributed by atoms with Crippen molar-refractivity contribution in [3.8, 4) is 0 Å². The molecule has 0 radical (unpaired) electrons. The number of ether oxygens (including phenoxy) is 1. The van der Waals surface area contributed by atoms with E-state index in [9.17, 15) is 9.59 Å². The topological polar surface area (TPSA) is 67.4 Å². The van der Waals surface area contributed by atoms with E-state index in [1.807, 2.05) is 19.1 Å². The van der Waals surface area contributed by atoms with Crippen molar-refractivity contribution >= 4 is 45.5 Å². The number of aryl methyl sites for hydroxylation is 1. The van der Waals surface area contributed by atoms with E-state index in [1.165, 1.54) is 16.2 Å². The number of halogens is 1. The zero-order valence-corrected chi connectivity index (χ0v) is 17.9. The lowest BCUT2D eigenvalue weighted by molar-refractivity contribution is -0.114.